The van der Waals surface area contributed by atoms with Crippen molar-refractivity contribution in [1.29, 1.82) is 0 Å². The Morgan fingerprint density at radius 2 is 1.96 bits per heavy atom. The Morgan fingerprint density at radius 3 is 2.64 bits per heavy atom. The van der Waals surface area contributed by atoms with Gasteiger partial charge < -0.3 is 10.2 Å². The fraction of sp³-hybridized carbons (Fsp3) is 0.526. The zero-order valence-electron chi connectivity index (χ0n) is 15.1. The second kappa shape index (κ2) is 5.58. The van der Waals surface area contributed by atoms with Crippen LogP contribution in [0.1, 0.15) is 40.0 Å². The van der Waals surface area contributed by atoms with Crippen molar-refractivity contribution in [3.63, 3.8) is 0 Å². The van der Waals surface area contributed by atoms with Crippen molar-refractivity contribution in [2.24, 2.45) is 10.8 Å². The number of urea groups is 1. The van der Waals surface area contributed by atoms with Crippen LogP contribution in [0, 0.1) is 10.8 Å². The first-order valence-corrected chi connectivity index (χ1v) is 8.86. The summed E-state index contributed by atoms with van der Waals surface area (Å²) in [6, 6.07) is 8.03. The number of benzene rings is 1. The van der Waals surface area contributed by atoms with Gasteiger partial charge in [-0.25, -0.2) is 14.5 Å². The van der Waals surface area contributed by atoms with Gasteiger partial charge >= 0.3 is 6.03 Å². The lowest BCUT2D eigenvalue weighted by Gasteiger charge is -2.39. The number of amides is 2. The Morgan fingerprint density at radius 1 is 1.20 bits per heavy atom. The zero-order valence-corrected chi connectivity index (χ0v) is 15.1. The fourth-order valence-electron chi connectivity index (χ4n) is 4.93. The van der Waals surface area contributed by atoms with E-state index in [1.54, 1.807) is 11.0 Å². The number of fused-ring (bicyclic) bond motifs is 2. The molecule has 25 heavy (non-hydrogen) atoms. The minimum Gasteiger partial charge on any atom is -0.321 e. The molecule has 0 unspecified atom stereocenters. The quantitative estimate of drug-likeness (QED) is 0.907. The first kappa shape index (κ1) is 16.1. The highest BCUT2D eigenvalue weighted by atomic mass is 16.2. The van der Waals surface area contributed by atoms with Gasteiger partial charge in [0, 0.05) is 18.3 Å². The molecule has 2 fully saturated rings. The van der Waals surface area contributed by atoms with Gasteiger partial charge in [0.2, 0.25) is 0 Å². The summed E-state index contributed by atoms with van der Waals surface area (Å²) in [6.45, 7) is 7.81. The molecule has 2 bridgehead atoms. The smallest absolute Gasteiger partial charge is 0.321 e. The van der Waals surface area contributed by atoms with Crippen molar-refractivity contribution in [1.82, 2.24) is 19.7 Å². The Balaban J connectivity index is 1.46. The van der Waals surface area contributed by atoms with Gasteiger partial charge in [-0.15, -0.1) is 0 Å². The molecule has 2 aromatic rings. The number of aromatic nitrogens is 3. The standard InChI is InChI=1S/C19H25N5O/c1-18(2)8-16-9-19(3,10-18)11-23(16)17(25)22-14-4-6-15(7-5-14)24-13-20-12-21-24/h4-7,12-13,16H,8-11H2,1-3H3,(H,22,25)/t16-,19-/m1/s1. The first-order chi connectivity index (χ1) is 11.8. The lowest BCUT2D eigenvalue weighted by atomic mass is 9.65. The summed E-state index contributed by atoms with van der Waals surface area (Å²) in [5, 5.41) is 7.16. The van der Waals surface area contributed by atoms with E-state index in [9.17, 15) is 4.79 Å². The van der Waals surface area contributed by atoms with Crippen molar-refractivity contribution in [3.8, 4) is 5.69 Å². The molecule has 1 aliphatic carbocycles. The Hall–Kier alpha value is -2.37. The number of rotatable bonds is 2. The summed E-state index contributed by atoms with van der Waals surface area (Å²) in [7, 11) is 0. The van der Waals surface area contributed by atoms with Crippen molar-refractivity contribution >= 4 is 11.7 Å². The van der Waals surface area contributed by atoms with Gasteiger partial charge in [-0.1, -0.05) is 20.8 Å². The summed E-state index contributed by atoms with van der Waals surface area (Å²) >= 11 is 0. The van der Waals surface area contributed by atoms with Gasteiger partial charge in [0.25, 0.3) is 0 Å². The van der Waals surface area contributed by atoms with Crippen LogP contribution in [0.3, 0.4) is 0 Å². The summed E-state index contributed by atoms with van der Waals surface area (Å²) in [5.41, 5.74) is 2.29. The lowest BCUT2D eigenvalue weighted by molar-refractivity contribution is 0.130. The maximum Gasteiger partial charge on any atom is 0.322 e. The van der Waals surface area contributed by atoms with Crippen LogP contribution in [0.4, 0.5) is 10.5 Å². The van der Waals surface area contributed by atoms with E-state index in [0.717, 1.165) is 30.8 Å². The number of hydrogen-bond donors (Lipinski definition) is 1. The highest BCUT2D eigenvalue weighted by molar-refractivity contribution is 5.90. The highest BCUT2D eigenvalue weighted by Crippen LogP contribution is 2.52. The van der Waals surface area contributed by atoms with E-state index in [1.165, 1.54) is 12.7 Å². The van der Waals surface area contributed by atoms with Crippen molar-refractivity contribution in [3.05, 3.63) is 36.9 Å². The molecule has 1 saturated carbocycles. The molecule has 6 nitrogen and oxygen atoms in total. The molecule has 1 saturated heterocycles. The van der Waals surface area contributed by atoms with Gasteiger partial charge in [0.15, 0.2) is 0 Å². The van der Waals surface area contributed by atoms with E-state index in [2.05, 4.69) is 36.2 Å². The van der Waals surface area contributed by atoms with E-state index in [4.69, 9.17) is 0 Å². The van der Waals surface area contributed by atoms with Gasteiger partial charge in [0.1, 0.15) is 12.7 Å². The second-order valence-electron chi connectivity index (χ2n) is 8.66. The predicted molar refractivity (Wildman–Crippen MR) is 96.6 cm³/mol. The molecule has 2 heterocycles. The van der Waals surface area contributed by atoms with E-state index >= 15 is 0 Å². The number of nitrogens with zero attached hydrogens (tertiary/aromatic N) is 4. The number of anilines is 1. The maximum absolute atomic E-state index is 12.8. The Kier molecular flexibility index (Phi) is 3.60. The largest absolute Gasteiger partial charge is 0.322 e. The third-order valence-corrected chi connectivity index (χ3v) is 5.48. The number of likely N-dealkylation sites (tertiary alicyclic amines) is 1. The molecule has 4 rings (SSSR count). The van der Waals surface area contributed by atoms with Crippen molar-refractivity contribution in [2.75, 3.05) is 11.9 Å². The number of carbonyl (C=O) groups is 1. The topological polar surface area (TPSA) is 63.1 Å². The van der Waals surface area contributed by atoms with Crippen molar-refractivity contribution < 1.29 is 4.79 Å². The van der Waals surface area contributed by atoms with Gasteiger partial charge in [-0.3, -0.25) is 0 Å². The summed E-state index contributed by atoms with van der Waals surface area (Å²) in [4.78, 5) is 18.8. The van der Waals surface area contributed by atoms with Crippen LogP contribution in [-0.4, -0.2) is 38.3 Å². The lowest BCUT2D eigenvalue weighted by Crippen LogP contribution is -2.40. The molecule has 0 radical (unpaired) electrons. The Labute approximate surface area is 148 Å². The number of carbonyl (C=O) groups excluding carboxylic acids is 1. The average Bonchev–Trinajstić information content (AvgIpc) is 3.13. The van der Waals surface area contributed by atoms with Gasteiger partial charge in [0.05, 0.1) is 5.69 Å². The normalized spacial score (nSPS) is 27.3. The van der Waals surface area contributed by atoms with E-state index in [0.29, 0.717) is 11.5 Å². The number of hydrogen-bond acceptors (Lipinski definition) is 3. The molecular weight excluding hydrogens is 314 g/mol. The van der Waals surface area contributed by atoms with Crippen LogP contribution < -0.4 is 5.32 Å². The summed E-state index contributed by atoms with van der Waals surface area (Å²) < 4.78 is 1.69. The molecule has 1 aromatic heterocycles. The zero-order chi connectivity index (χ0) is 17.7. The molecule has 2 amide bonds. The van der Waals surface area contributed by atoms with Crippen molar-refractivity contribution in [2.45, 2.75) is 46.1 Å². The fourth-order valence-corrected chi connectivity index (χ4v) is 4.93. The van der Waals surface area contributed by atoms with Crippen LogP contribution >= 0.6 is 0 Å². The molecule has 6 heteroatoms. The SMILES string of the molecule is CC1(C)C[C@@H]2C[C@@](C)(CN2C(=O)Nc2ccc(-n3cncn3)cc2)C1. The highest BCUT2D eigenvalue weighted by Gasteiger charge is 2.50. The average molecular weight is 339 g/mol. The first-order valence-electron chi connectivity index (χ1n) is 8.86. The molecule has 0 spiro atoms. The second-order valence-corrected chi connectivity index (χ2v) is 8.66. The van der Waals surface area contributed by atoms with Crippen LogP contribution in [0.2, 0.25) is 0 Å². The van der Waals surface area contributed by atoms with E-state index in [1.807, 2.05) is 29.2 Å². The monoisotopic (exact) mass is 339 g/mol. The van der Waals surface area contributed by atoms with Crippen LogP contribution in [0.15, 0.2) is 36.9 Å². The van der Waals surface area contributed by atoms with Crippen LogP contribution in [0.5, 0.6) is 0 Å². The Bertz CT molecular complexity index is 768. The van der Waals surface area contributed by atoms with E-state index < -0.39 is 0 Å². The third-order valence-electron chi connectivity index (χ3n) is 5.48. The minimum absolute atomic E-state index is 0.0138. The molecule has 1 aliphatic heterocycles. The third kappa shape index (κ3) is 3.13. The molecular formula is C19H25N5O. The summed E-state index contributed by atoms with van der Waals surface area (Å²) in [5.74, 6) is 0. The van der Waals surface area contributed by atoms with Crippen LogP contribution in [0.25, 0.3) is 5.69 Å². The number of nitrogens with one attached hydrogen (secondary N) is 1. The van der Waals surface area contributed by atoms with Gasteiger partial charge in [-0.05, 0) is 54.4 Å². The molecule has 1 N–H and O–H groups in total. The molecule has 1 aromatic carbocycles. The minimum atomic E-state index is 0.0138. The molecule has 2 aliphatic rings. The van der Waals surface area contributed by atoms with E-state index in [-0.39, 0.29) is 11.4 Å². The predicted octanol–water partition coefficient (Wildman–Crippen LogP) is 3.70. The molecule has 2 atom stereocenters. The maximum atomic E-state index is 12.8. The van der Waals surface area contributed by atoms with Gasteiger partial charge in [-0.2, -0.15) is 5.10 Å². The van der Waals surface area contributed by atoms with Crippen LogP contribution in [-0.2, 0) is 0 Å². The summed E-state index contributed by atoms with van der Waals surface area (Å²) in [6.07, 6.45) is 6.55. The molecule has 132 valence electrons.